The third-order valence-corrected chi connectivity index (χ3v) is 2.84. The molecule has 0 saturated carbocycles. The van der Waals surface area contributed by atoms with E-state index in [9.17, 15) is 9.59 Å². The molecular formula is C12H15NO4. The van der Waals surface area contributed by atoms with Crippen LogP contribution in [0.25, 0.3) is 0 Å². The van der Waals surface area contributed by atoms with Gasteiger partial charge in [0.25, 0.3) is 0 Å². The summed E-state index contributed by atoms with van der Waals surface area (Å²) in [5.41, 5.74) is 1.80. The number of carbonyl (C=O) groups is 2. The van der Waals surface area contributed by atoms with Crippen molar-refractivity contribution in [2.45, 2.75) is 38.7 Å². The molecule has 1 aliphatic carbocycles. The molecule has 0 saturated heterocycles. The number of allylic oxidation sites excluding steroid dienone is 2. The molecule has 17 heavy (non-hydrogen) atoms. The molecule has 5 nitrogen and oxygen atoms in total. The van der Waals surface area contributed by atoms with Crippen molar-refractivity contribution in [2.75, 3.05) is 6.61 Å². The van der Waals surface area contributed by atoms with E-state index in [1.807, 2.05) is 6.08 Å². The Morgan fingerprint density at radius 1 is 1.59 bits per heavy atom. The van der Waals surface area contributed by atoms with Crippen LogP contribution in [0.15, 0.2) is 16.8 Å². The first-order valence-electron chi connectivity index (χ1n) is 5.81. The Morgan fingerprint density at radius 2 is 2.41 bits per heavy atom. The molecule has 0 N–H and O–H groups in total. The number of esters is 1. The van der Waals surface area contributed by atoms with Crippen LogP contribution in [0, 0.1) is 0 Å². The van der Waals surface area contributed by atoms with Crippen LogP contribution in [-0.2, 0) is 19.2 Å². The van der Waals surface area contributed by atoms with Crippen molar-refractivity contribution in [3.63, 3.8) is 0 Å². The normalized spacial score (nSPS) is 23.8. The number of ketones is 1. The largest absolute Gasteiger partial charge is 0.463 e. The molecule has 0 fully saturated rings. The fraction of sp³-hybridized carbons (Fsp3) is 0.583. The summed E-state index contributed by atoms with van der Waals surface area (Å²) in [4.78, 5) is 27.6. The highest BCUT2D eigenvalue weighted by Crippen LogP contribution is 2.23. The zero-order valence-corrected chi connectivity index (χ0v) is 9.77. The molecule has 1 heterocycles. The first-order valence-corrected chi connectivity index (χ1v) is 5.81. The van der Waals surface area contributed by atoms with Crippen molar-refractivity contribution < 1.29 is 19.2 Å². The summed E-state index contributed by atoms with van der Waals surface area (Å²) >= 11 is 0. The molecule has 0 radical (unpaired) electrons. The van der Waals surface area contributed by atoms with E-state index in [1.54, 1.807) is 6.92 Å². The SMILES string of the molecule is CCOC(=O)C1CC(C2=CCC(=O)CC2)=NO1. The lowest BCUT2D eigenvalue weighted by Crippen LogP contribution is -2.24. The first kappa shape index (κ1) is 11.8. The lowest BCUT2D eigenvalue weighted by Gasteiger charge is -2.10. The molecule has 0 spiro atoms. The molecule has 0 aromatic rings. The van der Waals surface area contributed by atoms with E-state index in [0.29, 0.717) is 32.3 Å². The number of nitrogens with zero attached hydrogens (tertiary/aromatic N) is 1. The number of hydrogen-bond donors (Lipinski definition) is 0. The highest BCUT2D eigenvalue weighted by Gasteiger charge is 2.31. The summed E-state index contributed by atoms with van der Waals surface area (Å²) in [7, 11) is 0. The minimum absolute atomic E-state index is 0.246. The Morgan fingerprint density at radius 3 is 3.06 bits per heavy atom. The van der Waals surface area contributed by atoms with Gasteiger partial charge in [0.05, 0.1) is 12.3 Å². The Bertz CT molecular complexity index is 397. The Kier molecular flexibility index (Phi) is 3.56. The molecule has 0 aromatic heterocycles. The lowest BCUT2D eigenvalue weighted by molar-refractivity contribution is -0.154. The van der Waals surface area contributed by atoms with Crippen LogP contribution in [0.4, 0.5) is 0 Å². The zero-order chi connectivity index (χ0) is 12.3. The summed E-state index contributed by atoms with van der Waals surface area (Å²) in [6.45, 7) is 2.09. The van der Waals surface area contributed by atoms with E-state index in [4.69, 9.17) is 9.57 Å². The molecule has 2 aliphatic rings. The molecule has 5 heteroatoms. The van der Waals surface area contributed by atoms with Gasteiger partial charge in [-0.25, -0.2) is 4.79 Å². The van der Waals surface area contributed by atoms with Crippen LogP contribution in [0.2, 0.25) is 0 Å². The smallest absolute Gasteiger partial charge is 0.350 e. The van der Waals surface area contributed by atoms with Gasteiger partial charge in [0, 0.05) is 19.3 Å². The third-order valence-electron chi connectivity index (χ3n) is 2.84. The molecule has 0 aromatic carbocycles. The van der Waals surface area contributed by atoms with Gasteiger partial charge in [0.1, 0.15) is 5.78 Å². The van der Waals surface area contributed by atoms with Crippen molar-refractivity contribution >= 4 is 17.5 Å². The molecular weight excluding hydrogens is 222 g/mol. The fourth-order valence-corrected chi connectivity index (χ4v) is 1.91. The quantitative estimate of drug-likeness (QED) is 0.695. The van der Waals surface area contributed by atoms with E-state index >= 15 is 0 Å². The van der Waals surface area contributed by atoms with E-state index in [-0.39, 0.29) is 11.8 Å². The lowest BCUT2D eigenvalue weighted by atomic mass is 9.93. The first-order chi connectivity index (χ1) is 8.20. The van der Waals surface area contributed by atoms with Gasteiger partial charge in [-0.1, -0.05) is 11.2 Å². The summed E-state index contributed by atoms with van der Waals surface area (Å²) in [6.07, 6.45) is 3.40. The second-order valence-electron chi connectivity index (χ2n) is 4.06. The average molecular weight is 237 g/mol. The topological polar surface area (TPSA) is 65.0 Å². The maximum atomic E-state index is 11.4. The van der Waals surface area contributed by atoms with Gasteiger partial charge in [-0.2, -0.15) is 0 Å². The third kappa shape index (κ3) is 2.72. The van der Waals surface area contributed by atoms with Crippen molar-refractivity contribution in [1.29, 1.82) is 0 Å². The van der Waals surface area contributed by atoms with Gasteiger partial charge in [0.2, 0.25) is 6.10 Å². The van der Waals surface area contributed by atoms with Gasteiger partial charge in [-0.3, -0.25) is 4.79 Å². The van der Waals surface area contributed by atoms with Crippen LogP contribution in [0.1, 0.15) is 32.6 Å². The predicted molar refractivity (Wildman–Crippen MR) is 60.5 cm³/mol. The molecule has 0 bridgehead atoms. The molecule has 1 atom stereocenters. The summed E-state index contributed by atoms with van der Waals surface area (Å²) < 4.78 is 4.87. The van der Waals surface area contributed by atoms with Crippen LogP contribution < -0.4 is 0 Å². The van der Waals surface area contributed by atoms with Crippen molar-refractivity contribution in [3.8, 4) is 0 Å². The van der Waals surface area contributed by atoms with Gasteiger partial charge >= 0.3 is 5.97 Å². The standard InChI is InChI=1S/C12H15NO4/c1-2-16-12(15)11-7-10(13-17-11)8-3-5-9(14)6-4-8/h3,11H,2,4-7H2,1H3. The summed E-state index contributed by atoms with van der Waals surface area (Å²) in [6, 6.07) is 0. The van der Waals surface area contributed by atoms with Crippen LogP contribution in [-0.4, -0.2) is 30.2 Å². The predicted octanol–water partition coefficient (Wildman–Crippen LogP) is 1.37. The van der Waals surface area contributed by atoms with Crippen LogP contribution in [0.5, 0.6) is 0 Å². The van der Waals surface area contributed by atoms with Gasteiger partial charge < -0.3 is 9.57 Å². The Hall–Kier alpha value is -1.65. The highest BCUT2D eigenvalue weighted by atomic mass is 16.7. The van der Waals surface area contributed by atoms with Gasteiger partial charge in [-0.15, -0.1) is 0 Å². The number of Topliss-reactive ketones (excluding diaryl/α,β-unsaturated/α-hetero) is 1. The average Bonchev–Trinajstić information content (AvgIpc) is 2.80. The highest BCUT2D eigenvalue weighted by molar-refractivity contribution is 6.04. The van der Waals surface area contributed by atoms with E-state index in [0.717, 1.165) is 11.3 Å². The Balaban J connectivity index is 1.93. The molecule has 2 rings (SSSR count). The minimum atomic E-state index is -0.622. The van der Waals surface area contributed by atoms with E-state index in [2.05, 4.69) is 5.16 Å². The summed E-state index contributed by atoms with van der Waals surface area (Å²) in [5.74, 6) is -0.131. The van der Waals surface area contributed by atoms with Crippen molar-refractivity contribution in [2.24, 2.45) is 5.16 Å². The van der Waals surface area contributed by atoms with Crippen LogP contribution in [0.3, 0.4) is 0 Å². The summed E-state index contributed by atoms with van der Waals surface area (Å²) in [5, 5.41) is 3.91. The number of oxime groups is 1. The number of carbonyl (C=O) groups excluding carboxylic acids is 2. The number of hydrogen-bond acceptors (Lipinski definition) is 5. The van der Waals surface area contributed by atoms with E-state index in [1.165, 1.54) is 0 Å². The van der Waals surface area contributed by atoms with Crippen LogP contribution >= 0.6 is 0 Å². The molecule has 1 aliphatic heterocycles. The Labute approximate surface area is 99.5 Å². The van der Waals surface area contributed by atoms with E-state index < -0.39 is 6.10 Å². The maximum Gasteiger partial charge on any atom is 0.350 e. The molecule has 1 unspecified atom stereocenters. The number of ether oxygens (including phenoxy) is 1. The van der Waals surface area contributed by atoms with Gasteiger partial charge in [-0.05, 0) is 18.9 Å². The second kappa shape index (κ2) is 5.12. The molecule has 92 valence electrons. The molecule has 0 amide bonds. The van der Waals surface area contributed by atoms with Gasteiger partial charge in [0.15, 0.2) is 0 Å². The monoisotopic (exact) mass is 237 g/mol. The maximum absolute atomic E-state index is 11.4. The minimum Gasteiger partial charge on any atom is -0.463 e. The van der Waals surface area contributed by atoms with Crippen molar-refractivity contribution in [1.82, 2.24) is 0 Å². The van der Waals surface area contributed by atoms with Crippen molar-refractivity contribution in [3.05, 3.63) is 11.6 Å². The number of rotatable bonds is 3. The zero-order valence-electron chi connectivity index (χ0n) is 9.77. The second-order valence-corrected chi connectivity index (χ2v) is 4.06. The fourth-order valence-electron chi connectivity index (χ4n) is 1.91.